The lowest BCUT2D eigenvalue weighted by Crippen LogP contribution is -1.94. The van der Waals surface area contributed by atoms with Gasteiger partial charge in [0.15, 0.2) is 0 Å². The lowest BCUT2D eigenvalue weighted by molar-refractivity contribution is 1.20. The fraction of sp³-hybridized carbons (Fsp3) is 0.333. The molecule has 1 rings (SSSR count). The van der Waals surface area contributed by atoms with Gasteiger partial charge in [-0.1, -0.05) is 12.6 Å². The number of benzene rings is 1. The van der Waals surface area contributed by atoms with Crippen LogP contribution in [-0.2, 0) is 0 Å². The summed E-state index contributed by atoms with van der Waals surface area (Å²) in [5, 5.41) is 0. The van der Waals surface area contributed by atoms with Crippen LogP contribution in [0.2, 0.25) is 0 Å². The predicted octanol–water partition coefficient (Wildman–Crippen LogP) is 3.26. The molecule has 0 bridgehead atoms. The Morgan fingerprint density at radius 3 is 2.08 bits per heavy atom. The zero-order valence-electron chi connectivity index (χ0n) is 8.28. The van der Waals surface area contributed by atoms with Gasteiger partial charge in [0.1, 0.15) is 0 Å². The molecule has 0 spiro atoms. The Balaban J connectivity index is 3.49. The van der Waals surface area contributed by atoms with Gasteiger partial charge >= 0.3 is 0 Å². The summed E-state index contributed by atoms with van der Waals surface area (Å²) in [6.07, 6.45) is 2.95. The molecule has 1 aromatic carbocycles. The summed E-state index contributed by atoms with van der Waals surface area (Å²) in [4.78, 5) is 0. The zero-order chi connectivity index (χ0) is 9.30. The van der Waals surface area contributed by atoms with Crippen LogP contribution in [0.1, 0.15) is 27.8 Å². The molecule has 0 amide bonds. The van der Waals surface area contributed by atoms with Gasteiger partial charge in [-0.2, -0.15) is 0 Å². The van der Waals surface area contributed by atoms with Crippen LogP contribution in [0.4, 0.5) is 0 Å². The Hall–Kier alpha value is -1.04. The number of hydrogen-bond acceptors (Lipinski definition) is 0. The molecular formula is C12H15. The van der Waals surface area contributed by atoms with Crippen molar-refractivity contribution in [2.24, 2.45) is 0 Å². The Bertz CT molecular complexity index is 319. The number of rotatable bonds is 1. The van der Waals surface area contributed by atoms with Gasteiger partial charge in [0, 0.05) is 0 Å². The predicted molar refractivity (Wildman–Crippen MR) is 53.4 cm³/mol. The maximum Gasteiger partial charge on any atom is -0.0149 e. The Labute approximate surface area is 74.9 Å². The summed E-state index contributed by atoms with van der Waals surface area (Å²) in [5.41, 5.74) is 6.50. The number of hydrogen-bond donors (Lipinski definition) is 0. The molecule has 1 radical (unpaired) electrons. The summed E-state index contributed by atoms with van der Waals surface area (Å²) < 4.78 is 0. The third-order valence-corrected chi connectivity index (χ3v) is 2.67. The third kappa shape index (κ3) is 1.29. The molecule has 12 heavy (non-hydrogen) atoms. The van der Waals surface area contributed by atoms with E-state index in [4.69, 9.17) is 0 Å². The van der Waals surface area contributed by atoms with Gasteiger partial charge in [0.2, 0.25) is 0 Å². The van der Waals surface area contributed by atoms with Crippen LogP contribution in [0.15, 0.2) is 12.6 Å². The van der Waals surface area contributed by atoms with Gasteiger partial charge in [-0.25, -0.2) is 0 Å². The quantitative estimate of drug-likeness (QED) is 0.590. The summed E-state index contributed by atoms with van der Waals surface area (Å²) in [6, 6.07) is 2.14. The Kier molecular flexibility index (Phi) is 2.37. The highest BCUT2D eigenvalue weighted by molar-refractivity contribution is 5.45. The van der Waals surface area contributed by atoms with E-state index in [-0.39, 0.29) is 0 Å². The van der Waals surface area contributed by atoms with Crippen molar-refractivity contribution in [1.82, 2.24) is 0 Å². The van der Waals surface area contributed by atoms with Crippen molar-refractivity contribution in [3.63, 3.8) is 0 Å². The summed E-state index contributed by atoms with van der Waals surface area (Å²) in [6.45, 7) is 12.2. The van der Waals surface area contributed by atoms with Crippen molar-refractivity contribution in [1.29, 1.82) is 0 Å². The van der Waals surface area contributed by atoms with Crippen LogP contribution in [-0.4, -0.2) is 0 Å². The van der Waals surface area contributed by atoms with Gasteiger partial charge in [0.25, 0.3) is 0 Å². The Morgan fingerprint density at radius 1 is 1.00 bits per heavy atom. The molecule has 0 aliphatic rings. The van der Waals surface area contributed by atoms with Crippen LogP contribution < -0.4 is 0 Å². The first-order valence-electron chi connectivity index (χ1n) is 4.18. The Morgan fingerprint density at radius 2 is 1.58 bits per heavy atom. The maximum atomic E-state index is 3.68. The van der Waals surface area contributed by atoms with E-state index in [9.17, 15) is 0 Å². The van der Waals surface area contributed by atoms with Crippen LogP contribution in [0, 0.1) is 33.8 Å². The first-order chi connectivity index (χ1) is 5.57. The van der Waals surface area contributed by atoms with E-state index < -0.39 is 0 Å². The first kappa shape index (κ1) is 9.05. The fourth-order valence-corrected chi connectivity index (χ4v) is 1.40. The second-order valence-corrected chi connectivity index (χ2v) is 3.29. The molecule has 0 aliphatic heterocycles. The van der Waals surface area contributed by atoms with Crippen LogP contribution in [0.5, 0.6) is 0 Å². The molecule has 0 unspecified atom stereocenters. The highest BCUT2D eigenvalue weighted by Crippen LogP contribution is 2.20. The lowest BCUT2D eigenvalue weighted by Gasteiger charge is -2.10. The van der Waals surface area contributed by atoms with Crippen molar-refractivity contribution in [3.05, 3.63) is 46.5 Å². The largest absolute Gasteiger partial charge is 0.0905 e. The third-order valence-electron chi connectivity index (χ3n) is 2.67. The molecule has 0 heteroatoms. The van der Waals surface area contributed by atoms with Crippen molar-refractivity contribution >= 4 is 0 Å². The molecule has 0 atom stereocenters. The lowest BCUT2D eigenvalue weighted by atomic mass is 9.95. The van der Waals surface area contributed by atoms with E-state index >= 15 is 0 Å². The van der Waals surface area contributed by atoms with Crippen LogP contribution in [0.3, 0.4) is 0 Å². The molecule has 0 fully saturated rings. The molecule has 1 aromatic rings. The summed E-state index contributed by atoms with van der Waals surface area (Å²) >= 11 is 0. The first-order valence-corrected chi connectivity index (χ1v) is 4.18. The van der Waals surface area contributed by atoms with E-state index in [1.807, 2.05) is 0 Å². The van der Waals surface area contributed by atoms with Crippen molar-refractivity contribution in [3.8, 4) is 0 Å². The normalized spacial score (nSPS) is 10.0. The minimum absolute atomic E-state index is 1.13. The second kappa shape index (κ2) is 3.14. The summed E-state index contributed by atoms with van der Waals surface area (Å²) in [7, 11) is 0. The summed E-state index contributed by atoms with van der Waals surface area (Å²) in [5.74, 6) is 0. The SMILES string of the molecule is C=[C]c1cc(C)c(C)c(C)c1C. The number of aryl methyl sites for hydroxylation is 1. The monoisotopic (exact) mass is 159 g/mol. The van der Waals surface area contributed by atoms with Crippen molar-refractivity contribution in [2.75, 3.05) is 0 Å². The molecule has 0 aromatic heterocycles. The van der Waals surface area contributed by atoms with E-state index in [0.717, 1.165) is 5.56 Å². The van der Waals surface area contributed by atoms with Crippen LogP contribution >= 0.6 is 0 Å². The average Bonchev–Trinajstić information content (AvgIpc) is 2.08. The van der Waals surface area contributed by atoms with Gasteiger partial charge < -0.3 is 0 Å². The zero-order valence-corrected chi connectivity index (χ0v) is 8.28. The van der Waals surface area contributed by atoms with Gasteiger partial charge in [0.05, 0.1) is 0 Å². The average molecular weight is 159 g/mol. The molecule has 63 valence electrons. The van der Waals surface area contributed by atoms with E-state index in [1.54, 1.807) is 0 Å². The topological polar surface area (TPSA) is 0 Å². The minimum Gasteiger partial charge on any atom is -0.0905 e. The molecule has 0 saturated carbocycles. The standard InChI is InChI=1S/C12H15/c1-6-12-7-8(2)9(3)10(4)11(12)5/h7H,1H2,2-5H3. The molecule has 0 nitrogen and oxygen atoms in total. The molecule has 0 saturated heterocycles. The molecular weight excluding hydrogens is 144 g/mol. The van der Waals surface area contributed by atoms with Gasteiger partial charge in [-0.05, 0) is 61.6 Å². The highest BCUT2D eigenvalue weighted by Gasteiger charge is 2.03. The van der Waals surface area contributed by atoms with Crippen LogP contribution in [0.25, 0.3) is 0 Å². The molecule has 0 aliphatic carbocycles. The smallest absolute Gasteiger partial charge is 0.0149 e. The maximum absolute atomic E-state index is 3.68. The second-order valence-electron chi connectivity index (χ2n) is 3.29. The van der Waals surface area contributed by atoms with Gasteiger partial charge in [-0.15, -0.1) is 0 Å². The fourth-order valence-electron chi connectivity index (χ4n) is 1.40. The van der Waals surface area contributed by atoms with Crippen molar-refractivity contribution < 1.29 is 0 Å². The molecule has 0 N–H and O–H groups in total. The van der Waals surface area contributed by atoms with E-state index in [2.05, 4.69) is 46.4 Å². The van der Waals surface area contributed by atoms with Crippen molar-refractivity contribution in [2.45, 2.75) is 27.7 Å². The molecule has 0 heterocycles. The minimum atomic E-state index is 1.13. The van der Waals surface area contributed by atoms with Gasteiger partial charge in [-0.3, -0.25) is 0 Å². The van der Waals surface area contributed by atoms with E-state index in [1.165, 1.54) is 22.3 Å². The van der Waals surface area contributed by atoms with E-state index in [0.29, 0.717) is 0 Å². The highest BCUT2D eigenvalue weighted by atomic mass is 14.1.